The highest BCUT2D eigenvalue weighted by Crippen LogP contribution is 2.22. The molecule has 1 fully saturated rings. The average molecular weight is 297 g/mol. The van der Waals surface area contributed by atoms with Gasteiger partial charge in [-0.3, -0.25) is 4.79 Å². The molecule has 2 atom stereocenters. The van der Waals surface area contributed by atoms with Gasteiger partial charge in [0.2, 0.25) is 0 Å². The topological polar surface area (TPSA) is 41.6 Å². The summed E-state index contributed by atoms with van der Waals surface area (Å²) in [6, 6.07) is 6.63. The van der Waals surface area contributed by atoms with Crippen molar-refractivity contribution >= 4 is 18.3 Å². The third-order valence-electron chi connectivity index (χ3n) is 3.81. The summed E-state index contributed by atoms with van der Waals surface area (Å²) in [5, 5.41) is 3.44. The number of benzene rings is 1. The lowest BCUT2D eigenvalue weighted by molar-refractivity contribution is 0.0673. The molecule has 110 valence electrons. The molecule has 1 aromatic rings. The average Bonchev–Trinajstić information content (AvgIpc) is 2.83. The van der Waals surface area contributed by atoms with E-state index in [0.29, 0.717) is 25.3 Å². The molecule has 1 N–H and O–H groups in total. The van der Waals surface area contributed by atoms with Crippen LogP contribution < -0.4 is 5.32 Å². The van der Waals surface area contributed by atoms with Gasteiger partial charge in [-0.1, -0.05) is 6.07 Å². The highest BCUT2D eigenvalue weighted by molar-refractivity contribution is 5.94. The third kappa shape index (κ3) is 2.97. The zero-order valence-corrected chi connectivity index (χ0v) is 12.7. The van der Waals surface area contributed by atoms with Gasteiger partial charge in [-0.25, -0.2) is 0 Å². The second-order valence-corrected chi connectivity index (χ2v) is 5.66. The maximum absolute atomic E-state index is 12.5. The van der Waals surface area contributed by atoms with Crippen LogP contribution in [0.1, 0.15) is 35.3 Å². The molecule has 2 aliphatic rings. The van der Waals surface area contributed by atoms with Crippen LogP contribution in [0.2, 0.25) is 0 Å². The van der Waals surface area contributed by atoms with Gasteiger partial charge in [-0.15, -0.1) is 12.4 Å². The molecule has 0 spiro atoms. The van der Waals surface area contributed by atoms with Crippen LogP contribution in [0.5, 0.6) is 0 Å². The Kier molecular flexibility index (Phi) is 4.68. The summed E-state index contributed by atoms with van der Waals surface area (Å²) in [7, 11) is 0. The lowest BCUT2D eigenvalue weighted by Crippen LogP contribution is -2.55. The fourth-order valence-corrected chi connectivity index (χ4v) is 2.98. The molecule has 3 rings (SSSR count). The van der Waals surface area contributed by atoms with Gasteiger partial charge < -0.3 is 15.0 Å². The largest absolute Gasteiger partial charge is 0.372 e. The number of carbonyl (C=O) groups is 1. The van der Waals surface area contributed by atoms with E-state index in [1.807, 2.05) is 23.1 Å². The number of rotatable bonds is 1. The smallest absolute Gasteiger partial charge is 0.253 e. The number of fused-ring (bicyclic) bond motifs is 1. The van der Waals surface area contributed by atoms with Crippen LogP contribution >= 0.6 is 12.4 Å². The summed E-state index contributed by atoms with van der Waals surface area (Å²) < 4.78 is 5.39. The molecule has 0 aromatic heterocycles. The SMILES string of the molecule is CC1CN(C(=O)c2ccc3c(c2)COC3)CC(C)N1.Cl. The Morgan fingerprint density at radius 2 is 1.85 bits per heavy atom. The second-order valence-electron chi connectivity index (χ2n) is 5.66. The number of piperazine rings is 1. The maximum atomic E-state index is 12.5. The fourth-order valence-electron chi connectivity index (χ4n) is 2.98. The summed E-state index contributed by atoms with van der Waals surface area (Å²) >= 11 is 0. The minimum atomic E-state index is 0. The van der Waals surface area contributed by atoms with E-state index in [1.165, 1.54) is 5.56 Å². The molecule has 2 heterocycles. The predicted octanol–water partition coefficient (Wildman–Crippen LogP) is 1.96. The first-order valence-electron chi connectivity index (χ1n) is 6.88. The Hall–Kier alpha value is -1.10. The number of halogens is 1. The number of ether oxygens (including phenoxy) is 1. The van der Waals surface area contributed by atoms with Crippen LogP contribution in [0, 0.1) is 0 Å². The Morgan fingerprint density at radius 3 is 2.55 bits per heavy atom. The first kappa shape index (κ1) is 15.3. The maximum Gasteiger partial charge on any atom is 0.253 e. The van der Waals surface area contributed by atoms with E-state index in [4.69, 9.17) is 4.74 Å². The first-order chi connectivity index (χ1) is 9.13. The van der Waals surface area contributed by atoms with Crippen molar-refractivity contribution in [3.63, 3.8) is 0 Å². The van der Waals surface area contributed by atoms with Gasteiger partial charge in [0.25, 0.3) is 5.91 Å². The highest BCUT2D eigenvalue weighted by Gasteiger charge is 2.26. The van der Waals surface area contributed by atoms with Crippen molar-refractivity contribution < 1.29 is 9.53 Å². The molecular weight excluding hydrogens is 276 g/mol. The third-order valence-corrected chi connectivity index (χ3v) is 3.81. The van der Waals surface area contributed by atoms with Crippen molar-refractivity contribution in [1.29, 1.82) is 0 Å². The van der Waals surface area contributed by atoms with E-state index in [0.717, 1.165) is 24.2 Å². The molecule has 1 amide bonds. The zero-order valence-electron chi connectivity index (χ0n) is 11.9. The van der Waals surface area contributed by atoms with Gasteiger partial charge >= 0.3 is 0 Å². The molecule has 4 nitrogen and oxygen atoms in total. The Morgan fingerprint density at radius 1 is 1.20 bits per heavy atom. The molecule has 2 unspecified atom stereocenters. The van der Waals surface area contributed by atoms with Crippen molar-refractivity contribution in [2.75, 3.05) is 13.1 Å². The summed E-state index contributed by atoms with van der Waals surface area (Å²) in [4.78, 5) is 14.5. The van der Waals surface area contributed by atoms with Crippen LogP contribution in [0.4, 0.5) is 0 Å². The molecule has 5 heteroatoms. The number of hydrogen-bond donors (Lipinski definition) is 1. The lowest BCUT2D eigenvalue weighted by Gasteiger charge is -2.36. The highest BCUT2D eigenvalue weighted by atomic mass is 35.5. The Bertz CT molecular complexity index is 497. The van der Waals surface area contributed by atoms with E-state index >= 15 is 0 Å². The van der Waals surface area contributed by atoms with E-state index in [1.54, 1.807) is 0 Å². The van der Waals surface area contributed by atoms with E-state index in [-0.39, 0.29) is 18.3 Å². The number of amides is 1. The number of hydrogen-bond acceptors (Lipinski definition) is 3. The normalized spacial score (nSPS) is 25.0. The van der Waals surface area contributed by atoms with Crippen molar-refractivity contribution in [3.8, 4) is 0 Å². The lowest BCUT2D eigenvalue weighted by atomic mass is 10.0. The van der Waals surface area contributed by atoms with Gasteiger partial charge in [0, 0.05) is 30.7 Å². The van der Waals surface area contributed by atoms with Crippen LogP contribution in [0.25, 0.3) is 0 Å². The molecule has 20 heavy (non-hydrogen) atoms. The molecule has 2 aliphatic heterocycles. The molecule has 1 aromatic carbocycles. The predicted molar refractivity (Wildman–Crippen MR) is 80.1 cm³/mol. The number of nitrogens with one attached hydrogen (secondary N) is 1. The van der Waals surface area contributed by atoms with Gasteiger partial charge in [-0.2, -0.15) is 0 Å². The van der Waals surface area contributed by atoms with E-state index in [2.05, 4.69) is 19.2 Å². The molecule has 0 saturated carbocycles. The summed E-state index contributed by atoms with van der Waals surface area (Å²) in [5.74, 6) is 0.134. The van der Waals surface area contributed by atoms with Crippen LogP contribution in [0.3, 0.4) is 0 Å². The van der Waals surface area contributed by atoms with E-state index in [9.17, 15) is 4.79 Å². The summed E-state index contributed by atoms with van der Waals surface area (Å²) in [5.41, 5.74) is 3.14. The van der Waals surface area contributed by atoms with Gasteiger partial charge in [0.1, 0.15) is 0 Å². The molecule has 0 aliphatic carbocycles. The van der Waals surface area contributed by atoms with Crippen molar-refractivity contribution in [2.24, 2.45) is 0 Å². The number of carbonyl (C=O) groups excluding carboxylic acids is 1. The minimum absolute atomic E-state index is 0. The standard InChI is InChI=1S/C15H20N2O2.ClH/c1-10-6-17(7-11(2)16-10)15(18)12-3-4-13-8-19-9-14(13)5-12;/h3-5,10-11,16H,6-9H2,1-2H3;1H. The minimum Gasteiger partial charge on any atom is -0.372 e. The summed E-state index contributed by atoms with van der Waals surface area (Å²) in [6.45, 7) is 7.09. The molecule has 0 radical (unpaired) electrons. The molecule has 1 saturated heterocycles. The summed E-state index contributed by atoms with van der Waals surface area (Å²) in [6.07, 6.45) is 0. The van der Waals surface area contributed by atoms with Gasteiger partial charge in [0.05, 0.1) is 13.2 Å². The quantitative estimate of drug-likeness (QED) is 0.861. The second kappa shape index (κ2) is 6.12. The van der Waals surface area contributed by atoms with Crippen molar-refractivity contribution in [1.82, 2.24) is 10.2 Å². The van der Waals surface area contributed by atoms with Crippen molar-refractivity contribution in [2.45, 2.75) is 39.1 Å². The zero-order chi connectivity index (χ0) is 13.4. The number of nitrogens with zero attached hydrogens (tertiary/aromatic N) is 1. The van der Waals surface area contributed by atoms with Crippen LogP contribution in [-0.4, -0.2) is 36.0 Å². The van der Waals surface area contributed by atoms with Crippen LogP contribution in [0.15, 0.2) is 18.2 Å². The monoisotopic (exact) mass is 296 g/mol. The molecular formula is C15H21ClN2O2. The van der Waals surface area contributed by atoms with Crippen molar-refractivity contribution in [3.05, 3.63) is 34.9 Å². The molecule has 0 bridgehead atoms. The van der Waals surface area contributed by atoms with Gasteiger partial charge in [-0.05, 0) is 37.1 Å². The Labute approximate surface area is 125 Å². The fraction of sp³-hybridized carbons (Fsp3) is 0.533. The van der Waals surface area contributed by atoms with Gasteiger partial charge in [0.15, 0.2) is 0 Å². The first-order valence-corrected chi connectivity index (χ1v) is 6.88. The van der Waals surface area contributed by atoms with Crippen LogP contribution in [-0.2, 0) is 18.0 Å². The Balaban J connectivity index is 0.00000147. The van der Waals surface area contributed by atoms with E-state index < -0.39 is 0 Å².